The van der Waals surface area contributed by atoms with E-state index in [1.54, 1.807) is 18.7 Å². The van der Waals surface area contributed by atoms with Gasteiger partial charge in [-0.15, -0.1) is 0 Å². The fraction of sp³-hybridized carbons (Fsp3) is 0.364. The zero-order valence-corrected chi connectivity index (χ0v) is 18.2. The number of benzene rings is 1. The van der Waals surface area contributed by atoms with Crippen molar-refractivity contribution in [3.05, 3.63) is 57.4 Å². The van der Waals surface area contributed by atoms with Crippen molar-refractivity contribution in [2.24, 2.45) is 0 Å². The average Bonchev–Trinajstić information content (AvgIpc) is 3.34. The second-order valence-electron chi connectivity index (χ2n) is 7.54. The number of Topliss-reactive ketones (excluding diaryl/α,β-unsaturated/α-hetero) is 1. The molecule has 1 saturated carbocycles. The van der Waals surface area contributed by atoms with E-state index in [-0.39, 0.29) is 30.0 Å². The second kappa shape index (κ2) is 8.02. The van der Waals surface area contributed by atoms with Crippen LogP contribution in [0.5, 0.6) is 5.75 Å². The lowest BCUT2D eigenvalue weighted by atomic mass is 10.2. The molecule has 2 heterocycles. The summed E-state index contributed by atoms with van der Waals surface area (Å²) in [6.45, 7) is 7.23. The quantitative estimate of drug-likeness (QED) is 0.512. The molecule has 1 fully saturated rings. The normalized spacial score (nSPS) is 13.3. The third-order valence-corrected chi connectivity index (χ3v) is 6.26. The summed E-state index contributed by atoms with van der Waals surface area (Å²) in [5, 5.41) is 4.55. The highest BCUT2D eigenvalue weighted by atomic mass is 32.1. The van der Waals surface area contributed by atoms with Crippen LogP contribution in [0.15, 0.2) is 28.8 Å². The highest BCUT2D eigenvalue weighted by Crippen LogP contribution is 2.37. The SMILES string of the molecule is CC(=O)c1sc(N(C(=O)c2noc(C)c2COc2cccc(C)c2)C2CC2)nc1C. The van der Waals surface area contributed by atoms with E-state index in [0.29, 0.717) is 27.0 Å². The largest absolute Gasteiger partial charge is 0.489 e. The van der Waals surface area contributed by atoms with E-state index in [4.69, 9.17) is 9.26 Å². The molecule has 1 amide bonds. The summed E-state index contributed by atoms with van der Waals surface area (Å²) in [5.41, 5.74) is 2.57. The first-order chi connectivity index (χ1) is 14.3. The Kier molecular flexibility index (Phi) is 5.42. The molecule has 2 aromatic heterocycles. The Balaban J connectivity index is 1.62. The predicted molar refractivity (Wildman–Crippen MR) is 113 cm³/mol. The van der Waals surface area contributed by atoms with Gasteiger partial charge in [0.2, 0.25) is 0 Å². The van der Waals surface area contributed by atoms with Crippen molar-refractivity contribution in [1.82, 2.24) is 10.1 Å². The molecule has 0 radical (unpaired) electrons. The summed E-state index contributed by atoms with van der Waals surface area (Å²) in [7, 11) is 0. The highest BCUT2D eigenvalue weighted by molar-refractivity contribution is 7.17. The number of hydrogen-bond acceptors (Lipinski definition) is 7. The van der Waals surface area contributed by atoms with Gasteiger partial charge in [-0.2, -0.15) is 0 Å². The number of aromatic nitrogens is 2. The summed E-state index contributed by atoms with van der Waals surface area (Å²) in [4.78, 5) is 32.0. The molecule has 0 unspecified atom stereocenters. The lowest BCUT2D eigenvalue weighted by Gasteiger charge is -2.18. The number of amides is 1. The summed E-state index contributed by atoms with van der Waals surface area (Å²) in [6.07, 6.45) is 1.79. The molecule has 1 aliphatic carbocycles. The standard InChI is InChI=1S/C22H23N3O4S/c1-12-6-5-7-17(10-12)28-11-18-15(4)29-24-19(18)21(27)25(16-8-9-16)22-23-13(2)20(30-22)14(3)26/h5-7,10,16H,8-9,11H2,1-4H3. The topological polar surface area (TPSA) is 85.5 Å². The van der Waals surface area contributed by atoms with Gasteiger partial charge in [0.1, 0.15) is 18.1 Å². The number of hydrogen-bond donors (Lipinski definition) is 0. The summed E-state index contributed by atoms with van der Waals surface area (Å²) < 4.78 is 11.2. The summed E-state index contributed by atoms with van der Waals surface area (Å²) in [5.74, 6) is 0.932. The Labute approximate surface area is 178 Å². The second-order valence-corrected chi connectivity index (χ2v) is 8.52. The molecule has 7 nitrogen and oxygen atoms in total. The Morgan fingerprint density at radius 3 is 2.67 bits per heavy atom. The van der Waals surface area contributed by atoms with Crippen molar-refractivity contribution in [3.8, 4) is 5.75 Å². The molecule has 156 valence electrons. The minimum absolute atomic E-state index is 0.0519. The van der Waals surface area contributed by atoms with Crippen LogP contribution in [0.1, 0.15) is 62.5 Å². The molecule has 0 saturated heterocycles. The van der Waals surface area contributed by atoms with Crippen LogP contribution >= 0.6 is 11.3 Å². The number of aryl methyl sites for hydroxylation is 3. The maximum absolute atomic E-state index is 13.4. The first-order valence-electron chi connectivity index (χ1n) is 9.81. The van der Waals surface area contributed by atoms with E-state index in [2.05, 4.69) is 10.1 Å². The lowest BCUT2D eigenvalue weighted by Crippen LogP contribution is -2.34. The van der Waals surface area contributed by atoms with Crippen molar-refractivity contribution in [2.75, 3.05) is 4.90 Å². The van der Waals surface area contributed by atoms with Crippen molar-refractivity contribution in [3.63, 3.8) is 0 Å². The Bertz CT molecular complexity index is 1110. The van der Waals surface area contributed by atoms with Crippen molar-refractivity contribution >= 4 is 28.2 Å². The minimum atomic E-state index is -0.277. The van der Waals surface area contributed by atoms with Gasteiger partial charge in [0.25, 0.3) is 5.91 Å². The number of ketones is 1. The van der Waals surface area contributed by atoms with Crippen molar-refractivity contribution in [2.45, 2.75) is 53.2 Å². The van der Waals surface area contributed by atoms with Crippen LogP contribution in [-0.2, 0) is 6.61 Å². The Hall–Kier alpha value is -3.00. The van der Waals surface area contributed by atoms with Gasteiger partial charge in [-0.1, -0.05) is 28.6 Å². The van der Waals surface area contributed by atoms with E-state index < -0.39 is 0 Å². The Morgan fingerprint density at radius 1 is 1.27 bits per heavy atom. The van der Waals surface area contributed by atoms with Gasteiger partial charge in [-0.05, 0) is 51.3 Å². The maximum Gasteiger partial charge on any atom is 0.282 e. The third-order valence-electron chi connectivity index (χ3n) is 5.00. The van der Waals surface area contributed by atoms with Gasteiger partial charge in [-0.25, -0.2) is 4.98 Å². The van der Waals surface area contributed by atoms with E-state index in [9.17, 15) is 9.59 Å². The van der Waals surface area contributed by atoms with E-state index >= 15 is 0 Å². The van der Waals surface area contributed by atoms with Crippen LogP contribution in [-0.4, -0.2) is 27.9 Å². The van der Waals surface area contributed by atoms with Crippen LogP contribution in [0.2, 0.25) is 0 Å². The summed E-state index contributed by atoms with van der Waals surface area (Å²) in [6, 6.07) is 7.78. The molecule has 0 spiro atoms. The number of thiazole rings is 1. The third kappa shape index (κ3) is 4.00. The summed E-state index contributed by atoms with van der Waals surface area (Å²) >= 11 is 1.25. The van der Waals surface area contributed by atoms with Gasteiger partial charge in [0.05, 0.1) is 16.1 Å². The molecule has 0 N–H and O–H groups in total. The first kappa shape index (κ1) is 20.3. The fourth-order valence-corrected chi connectivity index (χ4v) is 4.29. The zero-order valence-electron chi connectivity index (χ0n) is 17.4. The number of nitrogens with zero attached hydrogens (tertiary/aromatic N) is 3. The van der Waals surface area contributed by atoms with Gasteiger partial charge >= 0.3 is 0 Å². The number of anilines is 1. The molecule has 0 aliphatic heterocycles. The van der Waals surface area contributed by atoms with Gasteiger partial charge in [0, 0.05) is 13.0 Å². The molecule has 3 aromatic rings. The monoisotopic (exact) mass is 425 g/mol. The van der Waals surface area contributed by atoms with Crippen LogP contribution in [0.25, 0.3) is 0 Å². The zero-order chi connectivity index (χ0) is 21.4. The average molecular weight is 426 g/mol. The van der Waals surface area contributed by atoms with E-state index in [1.165, 1.54) is 18.3 Å². The van der Waals surface area contributed by atoms with E-state index in [1.807, 2.05) is 31.2 Å². The molecule has 4 rings (SSSR count). The number of carbonyl (C=O) groups is 2. The highest BCUT2D eigenvalue weighted by Gasteiger charge is 2.39. The van der Waals surface area contributed by atoms with Gasteiger partial charge < -0.3 is 9.26 Å². The van der Waals surface area contributed by atoms with Crippen LogP contribution < -0.4 is 9.64 Å². The first-order valence-corrected chi connectivity index (χ1v) is 10.6. The smallest absolute Gasteiger partial charge is 0.282 e. The maximum atomic E-state index is 13.4. The van der Waals surface area contributed by atoms with Crippen molar-refractivity contribution in [1.29, 1.82) is 0 Å². The van der Waals surface area contributed by atoms with Crippen LogP contribution in [0.4, 0.5) is 5.13 Å². The van der Waals surface area contributed by atoms with Crippen LogP contribution in [0, 0.1) is 20.8 Å². The van der Waals surface area contributed by atoms with Crippen molar-refractivity contribution < 1.29 is 18.8 Å². The van der Waals surface area contributed by atoms with Gasteiger partial charge in [0.15, 0.2) is 16.6 Å². The number of carbonyl (C=O) groups excluding carboxylic acids is 2. The fourth-order valence-electron chi connectivity index (χ4n) is 3.26. The predicted octanol–water partition coefficient (Wildman–Crippen LogP) is 4.65. The molecule has 0 atom stereocenters. The molecule has 1 aromatic carbocycles. The molecule has 1 aliphatic rings. The van der Waals surface area contributed by atoms with E-state index in [0.717, 1.165) is 24.2 Å². The number of rotatable bonds is 7. The molecular formula is C22H23N3O4S. The van der Waals surface area contributed by atoms with Crippen LogP contribution in [0.3, 0.4) is 0 Å². The minimum Gasteiger partial charge on any atom is -0.489 e. The molecular weight excluding hydrogens is 402 g/mol. The molecule has 8 heteroatoms. The number of ether oxygens (including phenoxy) is 1. The Morgan fingerprint density at radius 2 is 2.03 bits per heavy atom. The van der Waals surface area contributed by atoms with Gasteiger partial charge in [-0.3, -0.25) is 14.5 Å². The lowest BCUT2D eigenvalue weighted by molar-refractivity contribution is 0.0972. The molecule has 30 heavy (non-hydrogen) atoms. The molecule has 0 bridgehead atoms.